The molecular formula is C14H18F2N2O. The summed E-state index contributed by atoms with van der Waals surface area (Å²) in [5, 5.41) is 3.31. The predicted octanol–water partition coefficient (Wildman–Crippen LogP) is 1.72. The van der Waals surface area contributed by atoms with Gasteiger partial charge in [-0.3, -0.25) is 4.79 Å². The Kier molecular flexibility index (Phi) is 3.85. The van der Waals surface area contributed by atoms with Crippen molar-refractivity contribution in [1.82, 2.24) is 10.2 Å². The standard InChI is InChI=1S/C14H18F2N2O/c1-14(2)9-18(6-5-17-14)13(19)7-10-3-4-11(15)8-12(10)16/h3-4,8,17H,5-7,9H2,1-2H3. The largest absolute Gasteiger partial charge is 0.339 e. The van der Waals surface area contributed by atoms with Gasteiger partial charge in [0.1, 0.15) is 11.6 Å². The van der Waals surface area contributed by atoms with Crippen LogP contribution >= 0.6 is 0 Å². The van der Waals surface area contributed by atoms with Crippen LogP contribution in [0.25, 0.3) is 0 Å². The van der Waals surface area contributed by atoms with Gasteiger partial charge in [0.25, 0.3) is 0 Å². The first-order valence-corrected chi connectivity index (χ1v) is 6.34. The van der Waals surface area contributed by atoms with E-state index in [0.29, 0.717) is 13.1 Å². The monoisotopic (exact) mass is 268 g/mol. The summed E-state index contributed by atoms with van der Waals surface area (Å²) >= 11 is 0. The number of carbonyl (C=O) groups excluding carboxylic acids is 1. The van der Waals surface area contributed by atoms with Crippen LogP contribution in [0.2, 0.25) is 0 Å². The lowest BCUT2D eigenvalue weighted by Gasteiger charge is -2.39. The molecule has 1 aromatic rings. The van der Waals surface area contributed by atoms with Crippen molar-refractivity contribution in [3.8, 4) is 0 Å². The van der Waals surface area contributed by atoms with Crippen LogP contribution in [0.3, 0.4) is 0 Å². The highest BCUT2D eigenvalue weighted by atomic mass is 19.1. The van der Waals surface area contributed by atoms with Crippen LogP contribution in [-0.2, 0) is 11.2 Å². The minimum absolute atomic E-state index is 0.0256. The second-order valence-corrected chi connectivity index (χ2v) is 5.54. The van der Waals surface area contributed by atoms with Gasteiger partial charge in [0.2, 0.25) is 5.91 Å². The molecule has 0 aliphatic carbocycles. The number of hydrogen-bond donors (Lipinski definition) is 1. The van der Waals surface area contributed by atoms with E-state index >= 15 is 0 Å². The minimum atomic E-state index is -0.664. The van der Waals surface area contributed by atoms with Crippen LogP contribution in [0.1, 0.15) is 19.4 Å². The molecule has 1 saturated heterocycles. The third-order valence-electron chi connectivity index (χ3n) is 3.28. The number of carbonyl (C=O) groups is 1. The van der Waals surface area contributed by atoms with Crippen LogP contribution in [0.15, 0.2) is 18.2 Å². The Morgan fingerprint density at radius 3 is 2.79 bits per heavy atom. The molecule has 1 N–H and O–H groups in total. The van der Waals surface area contributed by atoms with Crippen LogP contribution < -0.4 is 5.32 Å². The molecule has 1 aliphatic rings. The minimum Gasteiger partial charge on any atom is -0.339 e. The molecule has 0 bridgehead atoms. The summed E-state index contributed by atoms with van der Waals surface area (Å²) < 4.78 is 26.3. The van der Waals surface area contributed by atoms with E-state index < -0.39 is 11.6 Å². The topological polar surface area (TPSA) is 32.3 Å². The Bertz CT molecular complexity index is 488. The maximum atomic E-state index is 13.5. The van der Waals surface area contributed by atoms with Crippen molar-refractivity contribution in [2.45, 2.75) is 25.8 Å². The molecule has 0 unspecified atom stereocenters. The number of rotatable bonds is 2. The molecule has 2 rings (SSSR count). The second-order valence-electron chi connectivity index (χ2n) is 5.54. The van der Waals surface area contributed by atoms with Gasteiger partial charge in [0, 0.05) is 31.2 Å². The van der Waals surface area contributed by atoms with Gasteiger partial charge in [-0.05, 0) is 25.5 Å². The van der Waals surface area contributed by atoms with Crippen molar-refractivity contribution < 1.29 is 13.6 Å². The summed E-state index contributed by atoms with van der Waals surface area (Å²) in [5.74, 6) is -1.42. The second kappa shape index (κ2) is 5.25. The lowest BCUT2D eigenvalue weighted by Crippen LogP contribution is -2.58. The van der Waals surface area contributed by atoms with Crippen molar-refractivity contribution in [3.05, 3.63) is 35.4 Å². The maximum absolute atomic E-state index is 13.5. The van der Waals surface area contributed by atoms with Crippen LogP contribution in [0, 0.1) is 11.6 Å². The first-order chi connectivity index (χ1) is 8.87. The van der Waals surface area contributed by atoms with Crippen LogP contribution in [-0.4, -0.2) is 36.0 Å². The number of hydrogen-bond acceptors (Lipinski definition) is 2. The van der Waals surface area contributed by atoms with Gasteiger partial charge in [0.15, 0.2) is 0 Å². The number of nitrogens with one attached hydrogen (secondary N) is 1. The zero-order valence-corrected chi connectivity index (χ0v) is 11.2. The highest BCUT2D eigenvalue weighted by molar-refractivity contribution is 5.79. The molecule has 1 heterocycles. The molecule has 0 aromatic heterocycles. The molecule has 0 spiro atoms. The fourth-order valence-electron chi connectivity index (χ4n) is 2.29. The van der Waals surface area contributed by atoms with E-state index in [1.807, 2.05) is 13.8 Å². The number of amides is 1. The summed E-state index contributed by atoms with van der Waals surface area (Å²) in [5.41, 5.74) is 0.109. The highest BCUT2D eigenvalue weighted by Gasteiger charge is 2.28. The Labute approximate surface area is 111 Å². The maximum Gasteiger partial charge on any atom is 0.227 e. The summed E-state index contributed by atoms with van der Waals surface area (Å²) in [6, 6.07) is 3.31. The average molecular weight is 268 g/mol. The molecule has 1 fully saturated rings. The van der Waals surface area contributed by atoms with Crippen LogP contribution in [0.5, 0.6) is 0 Å². The van der Waals surface area contributed by atoms with E-state index in [1.54, 1.807) is 4.90 Å². The zero-order chi connectivity index (χ0) is 14.0. The van der Waals surface area contributed by atoms with Crippen molar-refractivity contribution in [2.24, 2.45) is 0 Å². The van der Waals surface area contributed by atoms with Gasteiger partial charge in [0.05, 0.1) is 6.42 Å². The van der Waals surface area contributed by atoms with Crippen molar-refractivity contribution in [2.75, 3.05) is 19.6 Å². The molecule has 0 saturated carbocycles. The van der Waals surface area contributed by atoms with Gasteiger partial charge < -0.3 is 10.2 Å². The molecule has 0 atom stereocenters. The first-order valence-electron chi connectivity index (χ1n) is 6.34. The summed E-state index contributed by atoms with van der Waals surface area (Å²) in [4.78, 5) is 13.9. The van der Waals surface area contributed by atoms with Crippen molar-refractivity contribution in [1.29, 1.82) is 0 Å². The van der Waals surface area contributed by atoms with Gasteiger partial charge in [-0.15, -0.1) is 0 Å². The SMILES string of the molecule is CC1(C)CN(C(=O)Cc2ccc(F)cc2F)CCN1. The number of halogens is 2. The fraction of sp³-hybridized carbons (Fsp3) is 0.500. The zero-order valence-electron chi connectivity index (χ0n) is 11.2. The van der Waals surface area contributed by atoms with Gasteiger partial charge in [-0.2, -0.15) is 0 Å². The third kappa shape index (κ3) is 3.50. The van der Waals surface area contributed by atoms with E-state index in [0.717, 1.165) is 12.6 Å². The molecular weight excluding hydrogens is 250 g/mol. The van der Waals surface area contributed by atoms with E-state index in [1.165, 1.54) is 12.1 Å². The molecule has 104 valence electrons. The van der Waals surface area contributed by atoms with Crippen molar-refractivity contribution >= 4 is 5.91 Å². The molecule has 5 heteroatoms. The fourth-order valence-corrected chi connectivity index (χ4v) is 2.29. The molecule has 19 heavy (non-hydrogen) atoms. The Balaban J connectivity index is 2.04. The summed E-state index contributed by atoms with van der Waals surface area (Å²) in [7, 11) is 0. The van der Waals surface area contributed by atoms with E-state index in [2.05, 4.69) is 5.32 Å². The van der Waals surface area contributed by atoms with E-state index in [9.17, 15) is 13.6 Å². The Morgan fingerprint density at radius 2 is 2.16 bits per heavy atom. The summed E-state index contributed by atoms with van der Waals surface area (Å²) in [6.07, 6.45) is -0.0256. The lowest BCUT2D eigenvalue weighted by molar-refractivity contribution is -0.132. The quantitative estimate of drug-likeness (QED) is 0.885. The highest BCUT2D eigenvalue weighted by Crippen LogP contribution is 2.14. The third-order valence-corrected chi connectivity index (χ3v) is 3.28. The number of nitrogens with zero attached hydrogens (tertiary/aromatic N) is 1. The summed E-state index contributed by atoms with van der Waals surface area (Å²) in [6.45, 7) is 5.97. The normalized spacial score (nSPS) is 18.4. The Hall–Kier alpha value is -1.49. The van der Waals surface area contributed by atoms with Gasteiger partial charge >= 0.3 is 0 Å². The Morgan fingerprint density at radius 1 is 1.42 bits per heavy atom. The van der Waals surface area contributed by atoms with E-state index in [-0.39, 0.29) is 23.4 Å². The van der Waals surface area contributed by atoms with Crippen molar-refractivity contribution in [3.63, 3.8) is 0 Å². The van der Waals surface area contributed by atoms with Crippen LogP contribution in [0.4, 0.5) is 8.78 Å². The lowest BCUT2D eigenvalue weighted by atomic mass is 10.0. The number of piperazine rings is 1. The van der Waals surface area contributed by atoms with Gasteiger partial charge in [-0.1, -0.05) is 6.07 Å². The molecule has 1 amide bonds. The van der Waals surface area contributed by atoms with Gasteiger partial charge in [-0.25, -0.2) is 8.78 Å². The molecule has 1 aliphatic heterocycles. The molecule has 3 nitrogen and oxygen atoms in total. The average Bonchev–Trinajstić information content (AvgIpc) is 2.31. The molecule has 0 radical (unpaired) electrons. The van der Waals surface area contributed by atoms with E-state index in [4.69, 9.17) is 0 Å². The first kappa shape index (κ1) is 13.9. The smallest absolute Gasteiger partial charge is 0.227 e. The predicted molar refractivity (Wildman–Crippen MR) is 68.7 cm³/mol. The molecule has 1 aromatic carbocycles. The number of benzene rings is 1.